The Kier molecular flexibility index (Phi) is 8.27. The molecule has 2 N–H and O–H groups in total. The zero-order chi connectivity index (χ0) is 9.23. The third-order valence-corrected chi connectivity index (χ3v) is 1.78. The molecule has 0 aliphatic carbocycles. The molecule has 0 aromatic heterocycles. The fraction of sp³-hybridized carbons (Fsp3) is 0.818. The van der Waals surface area contributed by atoms with Gasteiger partial charge in [-0.15, -0.1) is 5.92 Å². The molecule has 1 heteroatoms. The number of rotatable bonds is 5. The van der Waals surface area contributed by atoms with Gasteiger partial charge in [0.15, 0.2) is 0 Å². The van der Waals surface area contributed by atoms with Crippen LogP contribution >= 0.6 is 0 Å². The van der Waals surface area contributed by atoms with Gasteiger partial charge >= 0.3 is 0 Å². The zero-order valence-corrected chi connectivity index (χ0v) is 8.40. The summed E-state index contributed by atoms with van der Waals surface area (Å²) >= 11 is 0. The van der Waals surface area contributed by atoms with Crippen LogP contribution in [0.1, 0.15) is 52.4 Å². The normalized spacial score (nSPS) is 11.9. The van der Waals surface area contributed by atoms with Gasteiger partial charge in [-0.05, 0) is 12.8 Å². The molecule has 0 fully saturated rings. The van der Waals surface area contributed by atoms with E-state index >= 15 is 0 Å². The average molecular weight is 167 g/mol. The van der Waals surface area contributed by atoms with Crippen LogP contribution in [-0.2, 0) is 0 Å². The van der Waals surface area contributed by atoms with Crippen LogP contribution in [0.15, 0.2) is 0 Å². The first-order valence-corrected chi connectivity index (χ1v) is 5.05. The van der Waals surface area contributed by atoms with Gasteiger partial charge in [-0.1, -0.05) is 39.0 Å². The first-order valence-electron chi connectivity index (χ1n) is 5.05. The number of hydrogen-bond donors (Lipinski definition) is 1. The molecule has 0 aromatic carbocycles. The van der Waals surface area contributed by atoms with Crippen LogP contribution < -0.4 is 5.73 Å². The minimum atomic E-state index is 0.114. The molecular weight excluding hydrogens is 146 g/mol. The Morgan fingerprint density at radius 2 is 1.92 bits per heavy atom. The van der Waals surface area contributed by atoms with Crippen molar-refractivity contribution in [3.05, 3.63) is 0 Å². The first-order chi connectivity index (χ1) is 5.81. The van der Waals surface area contributed by atoms with Crippen molar-refractivity contribution < 1.29 is 0 Å². The Labute approximate surface area is 76.7 Å². The molecule has 70 valence electrons. The summed E-state index contributed by atoms with van der Waals surface area (Å²) < 4.78 is 0. The van der Waals surface area contributed by atoms with Crippen molar-refractivity contribution in [3.8, 4) is 11.8 Å². The van der Waals surface area contributed by atoms with Crippen molar-refractivity contribution in [2.45, 2.75) is 58.4 Å². The summed E-state index contributed by atoms with van der Waals surface area (Å²) in [7, 11) is 0. The van der Waals surface area contributed by atoms with Crippen molar-refractivity contribution in [3.63, 3.8) is 0 Å². The number of hydrogen-bond acceptors (Lipinski definition) is 1. The predicted octanol–water partition coefficient (Wildman–Crippen LogP) is 2.70. The van der Waals surface area contributed by atoms with Gasteiger partial charge in [0.25, 0.3) is 0 Å². The van der Waals surface area contributed by atoms with Crippen molar-refractivity contribution in [2.24, 2.45) is 5.73 Å². The molecule has 0 aliphatic rings. The standard InChI is InChI=1S/C11H21N/c1-3-5-7-9-11(12)10-8-6-4-2/h11H,3-7,9,12H2,1-2H3. The molecule has 0 aliphatic heterocycles. The SMILES string of the molecule is CCCC#CC(N)CCCCC. The Morgan fingerprint density at radius 1 is 1.17 bits per heavy atom. The van der Waals surface area contributed by atoms with Crippen LogP contribution in [0.25, 0.3) is 0 Å². The van der Waals surface area contributed by atoms with Crippen LogP contribution in [-0.4, -0.2) is 6.04 Å². The van der Waals surface area contributed by atoms with E-state index in [0.29, 0.717) is 0 Å². The lowest BCUT2D eigenvalue weighted by molar-refractivity contribution is 0.631. The van der Waals surface area contributed by atoms with E-state index < -0.39 is 0 Å². The average Bonchev–Trinajstić information content (AvgIpc) is 2.06. The third kappa shape index (κ3) is 7.63. The maximum absolute atomic E-state index is 5.78. The maximum atomic E-state index is 5.78. The molecule has 1 nitrogen and oxygen atoms in total. The van der Waals surface area contributed by atoms with E-state index in [1.54, 1.807) is 0 Å². The van der Waals surface area contributed by atoms with E-state index in [-0.39, 0.29) is 6.04 Å². The van der Waals surface area contributed by atoms with E-state index in [1.165, 1.54) is 19.3 Å². The number of nitrogens with two attached hydrogens (primary N) is 1. The molecule has 0 spiro atoms. The van der Waals surface area contributed by atoms with Gasteiger partial charge in [-0.3, -0.25) is 0 Å². The highest BCUT2D eigenvalue weighted by atomic mass is 14.6. The lowest BCUT2D eigenvalue weighted by Gasteiger charge is -2.01. The van der Waals surface area contributed by atoms with Gasteiger partial charge in [0.2, 0.25) is 0 Å². The van der Waals surface area contributed by atoms with Gasteiger partial charge < -0.3 is 5.73 Å². The van der Waals surface area contributed by atoms with Gasteiger partial charge in [0.1, 0.15) is 0 Å². The molecule has 0 amide bonds. The molecule has 0 radical (unpaired) electrons. The van der Waals surface area contributed by atoms with E-state index in [9.17, 15) is 0 Å². The van der Waals surface area contributed by atoms with Crippen LogP contribution in [0.3, 0.4) is 0 Å². The van der Waals surface area contributed by atoms with Crippen LogP contribution in [0.5, 0.6) is 0 Å². The highest BCUT2D eigenvalue weighted by molar-refractivity contribution is 5.06. The van der Waals surface area contributed by atoms with E-state index in [2.05, 4.69) is 25.7 Å². The fourth-order valence-electron chi connectivity index (χ4n) is 1.01. The van der Waals surface area contributed by atoms with Gasteiger partial charge in [0.05, 0.1) is 6.04 Å². The third-order valence-electron chi connectivity index (χ3n) is 1.78. The van der Waals surface area contributed by atoms with Crippen molar-refractivity contribution >= 4 is 0 Å². The Hall–Kier alpha value is -0.480. The smallest absolute Gasteiger partial charge is 0.0664 e. The molecular formula is C11H21N. The van der Waals surface area contributed by atoms with Gasteiger partial charge in [-0.2, -0.15) is 0 Å². The lowest BCUT2D eigenvalue weighted by Crippen LogP contribution is -2.16. The molecule has 1 unspecified atom stereocenters. The summed E-state index contributed by atoms with van der Waals surface area (Å²) in [6, 6.07) is 0.114. The summed E-state index contributed by atoms with van der Waals surface area (Å²) in [5, 5.41) is 0. The van der Waals surface area contributed by atoms with Crippen LogP contribution in [0.4, 0.5) is 0 Å². The zero-order valence-electron chi connectivity index (χ0n) is 8.40. The van der Waals surface area contributed by atoms with E-state index in [0.717, 1.165) is 19.3 Å². The summed E-state index contributed by atoms with van der Waals surface area (Å²) in [5.74, 6) is 6.16. The largest absolute Gasteiger partial charge is 0.318 e. The Bertz CT molecular complexity index is 141. The summed E-state index contributed by atoms with van der Waals surface area (Å²) in [4.78, 5) is 0. The minimum Gasteiger partial charge on any atom is -0.318 e. The molecule has 0 saturated carbocycles. The summed E-state index contributed by atoms with van der Waals surface area (Å²) in [6.07, 6.45) is 6.94. The minimum absolute atomic E-state index is 0.114. The molecule has 0 aromatic rings. The van der Waals surface area contributed by atoms with Gasteiger partial charge in [-0.25, -0.2) is 0 Å². The second-order valence-electron chi connectivity index (χ2n) is 3.17. The Morgan fingerprint density at radius 3 is 2.50 bits per heavy atom. The summed E-state index contributed by atoms with van der Waals surface area (Å²) in [6.45, 7) is 4.34. The second kappa shape index (κ2) is 8.62. The van der Waals surface area contributed by atoms with Crippen LogP contribution in [0.2, 0.25) is 0 Å². The topological polar surface area (TPSA) is 26.0 Å². The molecule has 0 saturated heterocycles. The summed E-state index contributed by atoms with van der Waals surface area (Å²) in [5.41, 5.74) is 5.78. The van der Waals surface area contributed by atoms with E-state index in [4.69, 9.17) is 5.73 Å². The molecule has 0 bridgehead atoms. The highest BCUT2D eigenvalue weighted by Crippen LogP contribution is 2.00. The Balaban J connectivity index is 3.33. The van der Waals surface area contributed by atoms with Crippen molar-refractivity contribution in [1.82, 2.24) is 0 Å². The maximum Gasteiger partial charge on any atom is 0.0664 e. The van der Waals surface area contributed by atoms with Crippen molar-refractivity contribution in [2.75, 3.05) is 0 Å². The molecule has 0 rings (SSSR count). The van der Waals surface area contributed by atoms with Crippen LogP contribution in [0, 0.1) is 11.8 Å². The van der Waals surface area contributed by atoms with Crippen molar-refractivity contribution in [1.29, 1.82) is 0 Å². The molecule has 0 heterocycles. The monoisotopic (exact) mass is 167 g/mol. The molecule has 1 atom stereocenters. The molecule has 12 heavy (non-hydrogen) atoms. The lowest BCUT2D eigenvalue weighted by atomic mass is 10.1. The second-order valence-corrected chi connectivity index (χ2v) is 3.17. The highest BCUT2D eigenvalue weighted by Gasteiger charge is 1.95. The fourth-order valence-corrected chi connectivity index (χ4v) is 1.01. The quantitative estimate of drug-likeness (QED) is 0.494. The van der Waals surface area contributed by atoms with Gasteiger partial charge in [0, 0.05) is 6.42 Å². The first kappa shape index (κ1) is 11.5. The predicted molar refractivity (Wildman–Crippen MR) is 54.8 cm³/mol. The van der Waals surface area contributed by atoms with E-state index in [1.807, 2.05) is 0 Å². The number of unbranched alkanes of at least 4 members (excludes halogenated alkanes) is 3.